The van der Waals surface area contributed by atoms with Crippen molar-refractivity contribution in [3.8, 4) is 0 Å². The summed E-state index contributed by atoms with van der Waals surface area (Å²) >= 11 is 3.51. The van der Waals surface area contributed by atoms with Crippen molar-refractivity contribution >= 4 is 34.5 Å². The Labute approximate surface area is 150 Å². The smallest absolute Gasteiger partial charge is 0.224 e. The van der Waals surface area contributed by atoms with Crippen LogP contribution in [0.4, 0.5) is 0 Å². The largest absolute Gasteiger partial charge is 0.356 e. The number of hydrogen-bond donors (Lipinski definition) is 2. The average Bonchev–Trinajstić information content (AvgIpc) is 3.28. The van der Waals surface area contributed by atoms with E-state index in [-0.39, 0.29) is 5.91 Å². The standard InChI is InChI=1S/C17H22N4OS2/c1-18-17(20-11-14-3-2-9-23-14)19-7-4-16(22)21-8-5-15-13(12-21)6-10-24-15/h2-3,6,9-10H,4-5,7-8,11-12H2,1H3,(H2,18,19,20). The molecular weight excluding hydrogens is 340 g/mol. The normalized spacial score (nSPS) is 14.4. The lowest BCUT2D eigenvalue weighted by Crippen LogP contribution is -2.40. The second-order valence-electron chi connectivity index (χ2n) is 5.62. The van der Waals surface area contributed by atoms with Gasteiger partial charge in [-0.3, -0.25) is 9.79 Å². The number of rotatable bonds is 5. The lowest BCUT2D eigenvalue weighted by atomic mass is 10.1. The van der Waals surface area contributed by atoms with Crippen LogP contribution in [0.3, 0.4) is 0 Å². The van der Waals surface area contributed by atoms with Crippen LogP contribution in [0.15, 0.2) is 34.0 Å². The van der Waals surface area contributed by atoms with Gasteiger partial charge in [0.2, 0.25) is 5.91 Å². The fraction of sp³-hybridized carbons (Fsp3) is 0.412. The molecule has 0 radical (unpaired) electrons. The average molecular weight is 363 g/mol. The molecule has 0 aromatic carbocycles. The van der Waals surface area contributed by atoms with Crippen LogP contribution >= 0.6 is 22.7 Å². The molecule has 0 saturated heterocycles. The van der Waals surface area contributed by atoms with E-state index in [1.165, 1.54) is 15.3 Å². The topological polar surface area (TPSA) is 56.7 Å². The van der Waals surface area contributed by atoms with Crippen LogP contribution in [0, 0.1) is 0 Å². The third-order valence-corrected chi connectivity index (χ3v) is 5.92. The van der Waals surface area contributed by atoms with Crippen molar-refractivity contribution in [1.29, 1.82) is 0 Å². The third-order valence-electron chi connectivity index (χ3n) is 4.03. The molecule has 3 rings (SSSR count). The number of carbonyl (C=O) groups excluding carboxylic acids is 1. The first-order valence-corrected chi connectivity index (χ1v) is 9.82. The van der Waals surface area contributed by atoms with Crippen LogP contribution in [-0.2, 0) is 24.3 Å². The summed E-state index contributed by atoms with van der Waals surface area (Å²) in [5.41, 5.74) is 1.31. The fourth-order valence-corrected chi connectivity index (χ4v) is 4.25. The van der Waals surface area contributed by atoms with E-state index in [4.69, 9.17) is 0 Å². The van der Waals surface area contributed by atoms with Crippen LogP contribution in [0.5, 0.6) is 0 Å². The predicted octanol–water partition coefficient (Wildman–Crippen LogP) is 2.45. The second kappa shape index (κ2) is 8.30. The summed E-state index contributed by atoms with van der Waals surface area (Å²) in [5, 5.41) is 10.6. The minimum atomic E-state index is 0.202. The van der Waals surface area contributed by atoms with E-state index in [0.717, 1.165) is 32.0 Å². The monoisotopic (exact) mass is 362 g/mol. The SMILES string of the molecule is CN=C(NCCC(=O)N1CCc2sccc2C1)NCc1cccs1. The second-order valence-corrected chi connectivity index (χ2v) is 7.65. The van der Waals surface area contributed by atoms with Crippen molar-refractivity contribution < 1.29 is 4.79 Å². The lowest BCUT2D eigenvalue weighted by Gasteiger charge is -2.27. The highest BCUT2D eigenvalue weighted by molar-refractivity contribution is 7.10. The lowest BCUT2D eigenvalue weighted by molar-refractivity contribution is -0.131. The molecule has 1 aliphatic rings. The van der Waals surface area contributed by atoms with Gasteiger partial charge in [-0.1, -0.05) is 6.07 Å². The Morgan fingerprint density at radius 3 is 3.00 bits per heavy atom. The minimum absolute atomic E-state index is 0.202. The molecule has 1 amide bonds. The van der Waals surface area contributed by atoms with E-state index >= 15 is 0 Å². The van der Waals surface area contributed by atoms with Crippen LogP contribution in [0.1, 0.15) is 21.7 Å². The molecule has 0 fully saturated rings. The fourth-order valence-electron chi connectivity index (χ4n) is 2.71. The number of guanidine groups is 1. The van der Waals surface area contributed by atoms with Gasteiger partial charge >= 0.3 is 0 Å². The summed E-state index contributed by atoms with van der Waals surface area (Å²) in [7, 11) is 1.74. The third kappa shape index (κ3) is 4.36. The molecule has 2 aromatic rings. The van der Waals surface area contributed by atoms with Crippen molar-refractivity contribution in [2.75, 3.05) is 20.1 Å². The highest BCUT2D eigenvalue weighted by Crippen LogP contribution is 2.24. The zero-order valence-corrected chi connectivity index (χ0v) is 15.4. The molecule has 2 aromatic heterocycles. The van der Waals surface area contributed by atoms with Gasteiger partial charge in [-0.2, -0.15) is 0 Å². The summed E-state index contributed by atoms with van der Waals surface area (Å²) in [6.45, 7) is 2.93. The number of amides is 1. The van der Waals surface area contributed by atoms with E-state index in [9.17, 15) is 4.79 Å². The van der Waals surface area contributed by atoms with Gasteiger partial charge in [0, 0.05) is 42.9 Å². The van der Waals surface area contributed by atoms with E-state index in [0.29, 0.717) is 13.0 Å². The maximum absolute atomic E-state index is 12.4. The number of fused-ring (bicyclic) bond motifs is 1. The van der Waals surface area contributed by atoms with Crippen LogP contribution in [0.25, 0.3) is 0 Å². The minimum Gasteiger partial charge on any atom is -0.356 e. The molecular formula is C17H22N4OS2. The summed E-state index contributed by atoms with van der Waals surface area (Å²) in [6, 6.07) is 6.26. The van der Waals surface area contributed by atoms with E-state index in [1.54, 1.807) is 29.7 Å². The zero-order valence-electron chi connectivity index (χ0n) is 13.7. The maximum atomic E-state index is 12.4. The molecule has 0 bridgehead atoms. The van der Waals surface area contributed by atoms with Gasteiger partial charge in [-0.05, 0) is 34.9 Å². The molecule has 0 unspecified atom stereocenters. The van der Waals surface area contributed by atoms with Gasteiger partial charge in [-0.25, -0.2) is 0 Å². The van der Waals surface area contributed by atoms with Gasteiger partial charge in [0.1, 0.15) is 0 Å². The Balaban J connectivity index is 1.40. The zero-order chi connectivity index (χ0) is 16.8. The van der Waals surface area contributed by atoms with Crippen LogP contribution in [-0.4, -0.2) is 36.9 Å². The number of carbonyl (C=O) groups is 1. The molecule has 0 saturated carbocycles. The first kappa shape index (κ1) is 17.0. The Kier molecular flexibility index (Phi) is 5.87. The molecule has 128 valence electrons. The number of thiophene rings is 2. The molecule has 0 atom stereocenters. The van der Waals surface area contributed by atoms with Crippen LogP contribution < -0.4 is 10.6 Å². The van der Waals surface area contributed by atoms with Crippen LogP contribution in [0.2, 0.25) is 0 Å². The van der Waals surface area contributed by atoms with Crippen molar-refractivity contribution in [1.82, 2.24) is 15.5 Å². The first-order chi connectivity index (χ1) is 11.8. The maximum Gasteiger partial charge on any atom is 0.224 e. The Morgan fingerprint density at radius 1 is 1.29 bits per heavy atom. The highest BCUT2D eigenvalue weighted by atomic mass is 32.1. The van der Waals surface area contributed by atoms with Gasteiger partial charge in [0.15, 0.2) is 5.96 Å². The van der Waals surface area contributed by atoms with E-state index in [2.05, 4.69) is 38.5 Å². The Morgan fingerprint density at radius 2 is 2.21 bits per heavy atom. The summed E-state index contributed by atoms with van der Waals surface area (Å²) in [4.78, 5) is 21.2. The van der Waals surface area contributed by atoms with Gasteiger partial charge in [0.05, 0.1) is 6.54 Å². The predicted molar refractivity (Wildman–Crippen MR) is 101 cm³/mol. The highest BCUT2D eigenvalue weighted by Gasteiger charge is 2.20. The number of hydrogen-bond acceptors (Lipinski definition) is 4. The Bertz CT molecular complexity index is 693. The molecule has 24 heavy (non-hydrogen) atoms. The number of nitrogens with zero attached hydrogens (tertiary/aromatic N) is 2. The molecule has 3 heterocycles. The number of aliphatic imine (C=N–C) groups is 1. The van der Waals surface area contributed by atoms with E-state index in [1.807, 2.05) is 11.0 Å². The summed E-state index contributed by atoms with van der Waals surface area (Å²) in [6.07, 6.45) is 1.47. The molecule has 0 spiro atoms. The van der Waals surface area contributed by atoms with E-state index < -0.39 is 0 Å². The van der Waals surface area contributed by atoms with Gasteiger partial charge in [0.25, 0.3) is 0 Å². The van der Waals surface area contributed by atoms with Gasteiger partial charge in [-0.15, -0.1) is 22.7 Å². The molecule has 2 N–H and O–H groups in total. The van der Waals surface area contributed by atoms with Crippen molar-refractivity contribution in [3.05, 3.63) is 44.3 Å². The van der Waals surface area contributed by atoms with Gasteiger partial charge < -0.3 is 15.5 Å². The van der Waals surface area contributed by atoms with Crippen molar-refractivity contribution in [3.63, 3.8) is 0 Å². The first-order valence-electron chi connectivity index (χ1n) is 8.06. The van der Waals surface area contributed by atoms with Crippen molar-refractivity contribution in [2.45, 2.75) is 25.9 Å². The Hall–Kier alpha value is -1.86. The molecule has 1 aliphatic heterocycles. The number of nitrogens with one attached hydrogen (secondary N) is 2. The summed E-state index contributed by atoms with van der Waals surface area (Å²) in [5.74, 6) is 0.933. The van der Waals surface area contributed by atoms with Crippen molar-refractivity contribution in [2.24, 2.45) is 4.99 Å². The molecule has 5 nitrogen and oxygen atoms in total. The quantitative estimate of drug-likeness (QED) is 0.634. The molecule has 7 heteroatoms. The molecule has 0 aliphatic carbocycles. The summed E-state index contributed by atoms with van der Waals surface area (Å²) < 4.78 is 0.